The predicted molar refractivity (Wildman–Crippen MR) is 81.9 cm³/mol. The number of hydrogen-bond acceptors (Lipinski definition) is 2. The summed E-state index contributed by atoms with van der Waals surface area (Å²) in [4.78, 5) is 12.7. The Morgan fingerprint density at radius 1 is 1.21 bits per heavy atom. The monoisotopic (exact) mass is 261 g/mol. The maximum Gasteiger partial charge on any atom is 0.180 e. The molecule has 1 atom stereocenters. The minimum atomic E-state index is -0.117. The average molecular weight is 261 g/mol. The molecular formula is C17H27NO. The average Bonchev–Trinajstić information content (AvgIpc) is 2.28. The van der Waals surface area contributed by atoms with Crippen LogP contribution in [-0.4, -0.2) is 18.9 Å². The molecule has 1 unspecified atom stereocenters. The standard InChI is InChI=1S/C17H27NO/c1-11(2)15(18-7)16(19)14-10-13(17(4,5)6)9-8-12(14)3/h8-11,15,18H,1-7H3. The van der Waals surface area contributed by atoms with E-state index in [9.17, 15) is 4.79 Å². The first kappa shape index (κ1) is 15.9. The van der Waals surface area contributed by atoms with Gasteiger partial charge in [-0.25, -0.2) is 0 Å². The van der Waals surface area contributed by atoms with Crippen LogP contribution in [0.3, 0.4) is 0 Å². The van der Waals surface area contributed by atoms with Crippen LogP contribution in [0.1, 0.15) is 56.1 Å². The minimum Gasteiger partial charge on any atom is -0.310 e. The molecule has 1 rings (SSSR count). The van der Waals surface area contributed by atoms with Crippen LogP contribution >= 0.6 is 0 Å². The van der Waals surface area contributed by atoms with Crippen molar-refractivity contribution in [1.82, 2.24) is 5.32 Å². The van der Waals surface area contributed by atoms with Crippen molar-refractivity contribution in [3.8, 4) is 0 Å². The van der Waals surface area contributed by atoms with Gasteiger partial charge in [0, 0.05) is 5.56 Å². The molecule has 1 aromatic carbocycles. The molecular weight excluding hydrogens is 234 g/mol. The number of likely N-dealkylation sites (N-methyl/N-ethyl adjacent to an activating group) is 1. The second-order valence-corrected chi connectivity index (χ2v) is 6.65. The van der Waals surface area contributed by atoms with Gasteiger partial charge < -0.3 is 5.32 Å². The van der Waals surface area contributed by atoms with Gasteiger partial charge in [-0.15, -0.1) is 0 Å². The summed E-state index contributed by atoms with van der Waals surface area (Å²) in [6.07, 6.45) is 0. The van der Waals surface area contributed by atoms with Gasteiger partial charge in [0.1, 0.15) is 0 Å². The predicted octanol–water partition coefficient (Wildman–Crippen LogP) is 3.72. The van der Waals surface area contributed by atoms with Crippen molar-refractivity contribution < 1.29 is 4.79 Å². The Labute approximate surface area is 117 Å². The van der Waals surface area contributed by atoms with Gasteiger partial charge in [-0.2, -0.15) is 0 Å². The van der Waals surface area contributed by atoms with Crippen molar-refractivity contribution in [2.45, 2.75) is 53.0 Å². The topological polar surface area (TPSA) is 29.1 Å². The highest BCUT2D eigenvalue weighted by molar-refractivity contribution is 6.01. The normalized spacial score (nSPS) is 13.7. The van der Waals surface area contributed by atoms with Crippen LogP contribution in [0.25, 0.3) is 0 Å². The van der Waals surface area contributed by atoms with E-state index < -0.39 is 0 Å². The summed E-state index contributed by atoms with van der Waals surface area (Å²) in [7, 11) is 1.85. The molecule has 0 fully saturated rings. The number of aryl methyl sites for hydroxylation is 1. The molecule has 0 saturated heterocycles. The van der Waals surface area contributed by atoms with E-state index in [-0.39, 0.29) is 23.2 Å². The number of carbonyl (C=O) groups is 1. The smallest absolute Gasteiger partial charge is 0.180 e. The summed E-state index contributed by atoms with van der Waals surface area (Å²) >= 11 is 0. The van der Waals surface area contributed by atoms with Crippen LogP contribution in [0.4, 0.5) is 0 Å². The minimum absolute atomic E-state index is 0.0652. The van der Waals surface area contributed by atoms with E-state index in [1.807, 2.05) is 14.0 Å². The molecule has 0 heterocycles. The lowest BCUT2D eigenvalue weighted by Gasteiger charge is -2.23. The Morgan fingerprint density at radius 3 is 2.21 bits per heavy atom. The number of benzene rings is 1. The molecule has 1 N–H and O–H groups in total. The Kier molecular flexibility index (Phi) is 4.92. The molecule has 106 valence electrons. The van der Waals surface area contributed by atoms with E-state index >= 15 is 0 Å². The molecule has 2 heteroatoms. The van der Waals surface area contributed by atoms with Crippen molar-refractivity contribution in [2.75, 3.05) is 7.05 Å². The largest absolute Gasteiger partial charge is 0.310 e. The van der Waals surface area contributed by atoms with Crippen LogP contribution in [0.5, 0.6) is 0 Å². The molecule has 0 aliphatic rings. The molecule has 0 radical (unpaired) electrons. The lowest BCUT2D eigenvalue weighted by Crippen LogP contribution is -2.39. The molecule has 0 amide bonds. The van der Waals surface area contributed by atoms with Crippen molar-refractivity contribution >= 4 is 5.78 Å². The zero-order chi connectivity index (χ0) is 14.8. The highest BCUT2D eigenvalue weighted by Gasteiger charge is 2.24. The molecule has 19 heavy (non-hydrogen) atoms. The van der Waals surface area contributed by atoms with Crippen LogP contribution in [0, 0.1) is 12.8 Å². The summed E-state index contributed by atoms with van der Waals surface area (Å²) in [5.41, 5.74) is 3.18. The number of hydrogen-bond donors (Lipinski definition) is 1. The molecule has 0 aromatic heterocycles. The Bertz CT molecular complexity index is 455. The van der Waals surface area contributed by atoms with Crippen molar-refractivity contribution in [3.05, 3.63) is 34.9 Å². The van der Waals surface area contributed by atoms with Gasteiger partial charge in [-0.05, 0) is 42.5 Å². The van der Waals surface area contributed by atoms with Crippen molar-refractivity contribution in [1.29, 1.82) is 0 Å². The highest BCUT2D eigenvalue weighted by Crippen LogP contribution is 2.25. The number of ketones is 1. The first-order valence-corrected chi connectivity index (χ1v) is 7.01. The number of Topliss-reactive ketones (excluding diaryl/α,β-unsaturated/α-hetero) is 1. The quantitative estimate of drug-likeness (QED) is 0.837. The number of nitrogens with one attached hydrogen (secondary N) is 1. The van der Waals surface area contributed by atoms with Gasteiger partial charge in [-0.3, -0.25) is 4.79 Å². The van der Waals surface area contributed by atoms with E-state index in [0.29, 0.717) is 0 Å². The summed E-state index contributed by atoms with van der Waals surface area (Å²) < 4.78 is 0. The maximum atomic E-state index is 12.7. The van der Waals surface area contributed by atoms with Crippen LogP contribution in [-0.2, 0) is 5.41 Å². The summed E-state index contributed by atoms with van der Waals surface area (Å²) in [6, 6.07) is 6.12. The van der Waals surface area contributed by atoms with Gasteiger partial charge in [-0.1, -0.05) is 46.8 Å². The SMILES string of the molecule is CNC(C(=O)c1cc(C(C)(C)C)ccc1C)C(C)C. The van der Waals surface area contributed by atoms with Gasteiger partial charge in [0.15, 0.2) is 5.78 Å². The third-order valence-corrected chi connectivity index (χ3v) is 3.63. The van der Waals surface area contributed by atoms with E-state index in [1.54, 1.807) is 0 Å². The van der Waals surface area contributed by atoms with Crippen molar-refractivity contribution in [3.63, 3.8) is 0 Å². The second-order valence-electron chi connectivity index (χ2n) is 6.65. The Hall–Kier alpha value is -1.15. The number of rotatable bonds is 4. The van der Waals surface area contributed by atoms with Gasteiger partial charge in [0.2, 0.25) is 0 Å². The number of carbonyl (C=O) groups excluding carboxylic acids is 1. The molecule has 0 spiro atoms. The maximum absolute atomic E-state index is 12.7. The molecule has 1 aromatic rings. The highest BCUT2D eigenvalue weighted by atomic mass is 16.1. The molecule has 0 aliphatic heterocycles. The summed E-state index contributed by atoms with van der Waals surface area (Å²) in [5.74, 6) is 0.483. The molecule has 0 aliphatic carbocycles. The molecule has 2 nitrogen and oxygen atoms in total. The fourth-order valence-electron chi connectivity index (χ4n) is 2.29. The van der Waals surface area contributed by atoms with Crippen LogP contribution in [0.15, 0.2) is 18.2 Å². The second kappa shape index (κ2) is 5.87. The van der Waals surface area contributed by atoms with E-state index in [0.717, 1.165) is 11.1 Å². The van der Waals surface area contributed by atoms with E-state index in [2.05, 4.69) is 58.1 Å². The lowest BCUT2D eigenvalue weighted by molar-refractivity contribution is 0.0921. The first-order valence-electron chi connectivity index (χ1n) is 7.01. The summed E-state index contributed by atoms with van der Waals surface area (Å²) in [6.45, 7) is 12.7. The lowest BCUT2D eigenvalue weighted by atomic mass is 9.83. The van der Waals surface area contributed by atoms with Crippen LogP contribution < -0.4 is 5.32 Å². The fraction of sp³-hybridized carbons (Fsp3) is 0.588. The van der Waals surface area contributed by atoms with Gasteiger partial charge >= 0.3 is 0 Å². The first-order chi connectivity index (χ1) is 8.68. The molecule has 0 bridgehead atoms. The third kappa shape index (κ3) is 3.66. The zero-order valence-electron chi connectivity index (χ0n) is 13.3. The Balaban J connectivity index is 3.23. The van der Waals surface area contributed by atoms with Gasteiger partial charge in [0.05, 0.1) is 6.04 Å². The fourth-order valence-corrected chi connectivity index (χ4v) is 2.29. The zero-order valence-corrected chi connectivity index (χ0v) is 13.3. The molecule has 0 saturated carbocycles. The van der Waals surface area contributed by atoms with Crippen LogP contribution in [0.2, 0.25) is 0 Å². The van der Waals surface area contributed by atoms with Crippen molar-refractivity contribution in [2.24, 2.45) is 5.92 Å². The van der Waals surface area contributed by atoms with E-state index in [4.69, 9.17) is 0 Å². The Morgan fingerprint density at radius 2 is 1.79 bits per heavy atom. The summed E-state index contributed by atoms with van der Waals surface area (Å²) in [5, 5.41) is 3.14. The third-order valence-electron chi connectivity index (χ3n) is 3.63. The van der Waals surface area contributed by atoms with Gasteiger partial charge in [0.25, 0.3) is 0 Å². The van der Waals surface area contributed by atoms with E-state index in [1.165, 1.54) is 5.56 Å².